The second kappa shape index (κ2) is 8.19. The van der Waals surface area contributed by atoms with E-state index in [4.69, 9.17) is 0 Å². The molecule has 0 N–H and O–H groups in total. The van der Waals surface area contributed by atoms with Gasteiger partial charge < -0.3 is 9.47 Å². The third kappa shape index (κ3) is 3.88. The Morgan fingerprint density at radius 2 is 2.00 bits per heavy atom. The van der Waals surface area contributed by atoms with Crippen LogP contribution in [-0.2, 0) is 11.2 Å². The van der Waals surface area contributed by atoms with Crippen LogP contribution in [0.5, 0.6) is 0 Å². The van der Waals surface area contributed by atoms with Gasteiger partial charge in [-0.2, -0.15) is 0 Å². The first kappa shape index (κ1) is 18.7. The molecule has 3 aliphatic rings. The van der Waals surface area contributed by atoms with Gasteiger partial charge in [0.05, 0.1) is 5.75 Å². The molecule has 0 aromatic carbocycles. The van der Waals surface area contributed by atoms with Crippen molar-refractivity contribution >= 4 is 29.0 Å². The number of rotatable bonds is 6. The molecule has 2 aromatic heterocycles. The van der Waals surface area contributed by atoms with E-state index >= 15 is 0 Å². The first-order valence-corrected chi connectivity index (χ1v) is 12.5. The summed E-state index contributed by atoms with van der Waals surface area (Å²) in [6.07, 6.45) is 10.8. The maximum absolute atomic E-state index is 13.0. The molecule has 5 rings (SSSR count). The quantitative estimate of drug-likeness (QED) is 0.649. The minimum absolute atomic E-state index is 0.298. The Kier molecular flexibility index (Phi) is 5.46. The fourth-order valence-corrected chi connectivity index (χ4v) is 6.55. The minimum Gasteiger partial charge on any atom is -0.339 e. The summed E-state index contributed by atoms with van der Waals surface area (Å²) in [6, 6.07) is 5.26. The molecule has 0 bridgehead atoms. The van der Waals surface area contributed by atoms with Crippen molar-refractivity contribution < 1.29 is 4.79 Å². The van der Waals surface area contributed by atoms with Gasteiger partial charge in [-0.05, 0) is 55.9 Å². The number of thiophene rings is 1. The summed E-state index contributed by atoms with van der Waals surface area (Å²) in [4.78, 5) is 16.6. The Labute approximate surface area is 174 Å². The summed E-state index contributed by atoms with van der Waals surface area (Å²) in [6.45, 7) is 0.944. The van der Waals surface area contributed by atoms with Gasteiger partial charge in [-0.25, -0.2) is 0 Å². The lowest BCUT2D eigenvalue weighted by Crippen LogP contribution is -2.50. The van der Waals surface area contributed by atoms with Gasteiger partial charge >= 0.3 is 0 Å². The van der Waals surface area contributed by atoms with E-state index in [-0.39, 0.29) is 0 Å². The highest BCUT2D eigenvalue weighted by molar-refractivity contribution is 7.99. The van der Waals surface area contributed by atoms with Crippen LogP contribution in [0.1, 0.15) is 68.1 Å². The summed E-state index contributed by atoms with van der Waals surface area (Å²) in [5.41, 5.74) is 0. The Morgan fingerprint density at radius 1 is 1.14 bits per heavy atom. The number of likely N-dealkylation sites (tertiary alicyclic amines) is 1. The summed E-state index contributed by atoms with van der Waals surface area (Å²) >= 11 is 3.36. The second-order valence-electron chi connectivity index (χ2n) is 8.39. The molecule has 7 heteroatoms. The minimum atomic E-state index is 0.298. The standard InChI is InChI=1S/C21H28N4OS2/c26-20(24-11-3-6-15-5-1-2-8-18(15)24)14-28-21-23-22-19(25(21)16-9-10-16)13-17-7-4-12-27-17/h4,7,12,15-16,18H,1-3,5-6,8-11,13-14H2/t15-,18+/m1/s1. The van der Waals surface area contributed by atoms with Crippen molar-refractivity contribution in [3.63, 3.8) is 0 Å². The smallest absolute Gasteiger partial charge is 0.233 e. The molecule has 0 unspecified atom stereocenters. The van der Waals surface area contributed by atoms with Gasteiger partial charge in [0.25, 0.3) is 0 Å². The molecule has 3 heterocycles. The number of carbonyl (C=O) groups is 1. The van der Waals surface area contributed by atoms with Crippen LogP contribution in [0.4, 0.5) is 0 Å². The van der Waals surface area contributed by atoms with Crippen molar-refractivity contribution in [1.29, 1.82) is 0 Å². The summed E-state index contributed by atoms with van der Waals surface area (Å²) < 4.78 is 2.30. The molecule has 2 saturated carbocycles. The van der Waals surface area contributed by atoms with E-state index in [1.54, 1.807) is 23.1 Å². The van der Waals surface area contributed by atoms with E-state index in [9.17, 15) is 4.79 Å². The van der Waals surface area contributed by atoms with Gasteiger partial charge in [-0.15, -0.1) is 21.5 Å². The van der Waals surface area contributed by atoms with Crippen LogP contribution < -0.4 is 0 Å². The molecule has 0 spiro atoms. The maximum atomic E-state index is 13.0. The largest absolute Gasteiger partial charge is 0.339 e. The third-order valence-corrected chi connectivity index (χ3v) is 8.25. The maximum Gasteiger partial charge on any atom is 0.233 e. The molecule has 5 nitrogen and oxygen atoms in total. The van der Waals surface area contributed by atoms with Crippen LogP contribution in [0.3, 0.4) is 0 Å². The SMILES string of the molecule is O=C(CSc1nnc(Cc2cccs2)n1C1CC1)N1CCC[C@H]2CCCC[C@@H]21. The molecule has 1 saturated heterocycles. The summed E-state index contributed by atoms with van der Waals surface area (Å²) in [7, 11) is 0. The number of hydrogen-bond acceptors (Lipinski definition) is 5. The highest BCUT2D eigenvalue weighted by atomic mass is 32.2. The third-order valence-electron chi connectivity index (χ3n) is 6.45. The van der Waals surface area contributed by atoms with Crippen molar-refractivity contribution in [1.82, 2.24) is 19.7 Å². The fraction of sp³-hybridized carbons (Fsp3) is 0.667. The van der Waals surface area contributed by atoms with Crippen LogP contribution >= 0.6 is 23.1 Å². The van der Waals surface area contributed by atoms with Crippen molar-refractivity contribution in [3.8, 4) is 0 Å². The molecular formula is C21H28N4OS2. The first-order chi connectivity index (χ1) is 13.8. The van der Waals surface area contributed by atoms with Gasteiger partial charge in [0.2, 0.25) is 5.91 Å². The lowest BCUT2D eigenvalue weighted by Gasteiger charge is -2.44. The lowest BCUT2D eigenvalue weighted by atomic mass is 9.78. The van der Waals surface area contributed by atoms with Gasteiger partial charge in [-0.3, -0.25) is 4.79 Å². The first-order valence-electron chi connectivity index (χ1n) is 10.7. The highest BCUT2D eigenvalue weighted by Crippen LogP contribution is 2.40. The normalized spacial score (nSPS) is 24.9. The lowest BCUT2D eigenvalue weighted by molar-refractivity contribution is -0.134. The zero-order valence-electron chi connectivity index (χ0n) is 16.3. The Hall–Kier alpha value is -1.34. The predicted octanol–water partition coefficient (Wildman–Crippen LogP) is 4.54. The molecule has 1 aliphatic heterocycles. The molecule has 3 fully saturated rings. The molecular weight excluding hydrogens is 388 g/mol. The van der Waals surface area contributed by atoms with Gasteiger partial charge in [0.1, 0.15) is 5.82 Å². The molecule has 2 aliphatic carbocycles. The second-order valence-corrected chi connectivity index (χ2v) is 10.4. The van der Waals surface area contributed by atoms with Crippen molar-refractivity contribution in [3.05, 3.63) is 28.2 Å². The van der Waals surface area contributed by atoms with Crippen LogP contribution in [0.2, 0.25) is 0 Å². The van der Waals surface area contributed by atoms with E-state index in [2.05, 4.69) is 37.2 Å². The number of piperidine rings is 1. The zero-order chi connectivity index (χ0) is 18.9. The number of hydrogen-bond donors (Lipinski definition) is 0. The topological polar surface area (TPSA) is 51.0 Å². The van der Waals surface area contributed by atoms with Crippen molar-refractivity contribution in [2.24, 2.45) is 5.92 Å². The van der Waals surface area contributed by atoms with E-state index < -0.39 is 0 Å². The number of amides is 1. The molecule has 2 atom stereocenters. The average Bonchev–Trinajstić information content (AvgIpc) is 3.28. The zero-order valence-corrected chi connectivity index (χ0v) is 17.9. The monoisotopic (exact) mass is 416 g/mol. The van der Waals surface area contributed by atoms with Gasteiger partial charge in [0, 0.05) is 29.9 Å². The van der Waals surface area contributed by atoms with E-state index in [0.29, 0.717) is 23.7 Å². The molecule has 28 heavy (non-hydrogen) atoms. The molecule has 0 radical (unpaired) electrons. The fourth-order valence-electron chi connectivity index (χ4n) is 4.94. The highest BCUT2D eigenvalue weighted by Gasteiger charge is 2.36. The van der Waals surface area contributed by atoms with E-state index in [0.717, 1.165) is 29.9 Å². The van der Waals surface area contributed by atoms with Crippen LogP contribution in [0.25, 0.3) is 0 Å². The van der Waals surface area contributed by atoms with Crippen LogP contribution in [0, 0.1) is 5.92 Å². The Bertz CT molecular complexity index is 812. The van der Waals surface area contributed by atoms with E-state index in [1.165, 1.54) is 56.2 Å². The van der Waals surface area contributed by atoms with Gasteiger partial charge in [-0.1, -0.05) is 30.7 Å². The Morgan fingerprint density at radius 3 is 2.82 bits per heavy atom. The number of fused-ring (bicyclic) bond motifs is 1. The number of carbonyl (C=O) groups excluding carboxylic acids is 1. The summed E-state index contributed by atoms with van der Waals surface area (Å²) in [5, 5.41) is 12.0. The summed E-state index contributed by atoms with van der Waals surface area (Å²) in [5.74, 6) is 2.58. The Balaban J connectivity index is 1.26. The number of nitrogens with zero attached hydrogens (tertiary/aromatic N) is 4. The van der Waals surface area contributed by atoms with Gasteiger partial charge in [0.15, 0.2) is 5.16 Å². The average molecular weight is 417 g/mol. The number of thioether (sulfide) groups is 1. The molecule has 150 valence electrons. The van der Waals surface area contributed by atoms with Crippen molar-refractivity contribution in [2.75, 3.05) is 12.3 Å². The van der Waals surface area contributed by atoms with Crippen molar-refractivity contribution in [2.45, 2.75) is 75.0 Å². The van der Waals surface area contributed by atoms with E-state index in [1.807, 2.05) is 0 Å². The van der Waals surface area contributed by atoms with Crippen LogP contribution in [-0.4, -0.2) is 43.9 Å². The number of aromatic nitrogens is 3. The van der Waals surface area contributed by atoms with Crippen LogP contribution in [0.15, 0.2) is 22.7 Å². The molecule has 1 amide bonds. The predicted molar refractivity (Wildman–Crippen MR) is 113 cm³/mol. The molecule has 2 aromatic rings.